The van der Waals surface area contributed by atoms with Gasteiger partial charge in [0.1, 0.15) is 0 Å². The molecule has 3 aromatic rings. The van der Waals surface area contributed by atoms with Gasteiger partial charge in [0.05, 0.1) is 0 Å². The van der Waals surface area contributed by atoms with Gasteiger partial charge in [-0.05, 0) is 41.9 Å². The molecule has 0 N–H and O–H groups in total. The molecular weight excluding hydrogens is 398 g/mol. The van der Waals surface area contributed by atoms with E-state index in [1.54, 1.807) is 0 Å². The normalized spacial score (nSPS) is 15.2. The van der Waals surface area contributed by atoms with Crippen LogP contribution in [0.15, 0.2) is 84.9 Å². The molecule has 0 aliphatic carbocycles. The molecule has 0 radical (unpaired) electrons. The Kier molecular flexibility index (Phi) is 7.00. The molecule has 4 rings (SSSR count). The van der Waals surface area contributed by atoms with Crippen LogP contribution in [-0.2, 0) is 20.7 Å². The van der Waals surface area contributed by atoms with Crippen molar-refractivity contribution >= 4 is 11.9 Å². The number of piperidine rings is 1. The van der Waals surface area contributed by atoms with Crippen molar-refractivity contribution in [1.82, 2.24) is 4.90 Å². The van der Waals surface area contributed by atoms with Crippen molar-refractivity contribution in [1.29, 1.82) is 0 Å². The third-order valence-electron chi connectivity index (χ3n) is 6.12. The lowest BCUT2D eigenvalue weighted by Gasteiger charge is -2.34. The Morgan fingerprint density at radius 1 is 0.844 bits per heavy atom. The summed E-state index contributed by atoms with van der Waals surface area (Å²) >= 11 is 0. The maximum atomic E-state index is 13.1. The Bertz CT molecular complexity index is 1020. The zero-order valence-corrected chi connectivity index (χ0v) is 18.4. The van der Waals surface area contributed by atoms with Crippen molar-refractivity contribution < 1.29 is 14.3 Å². The fourth-order valence-electron chi connectivity index (χ4n) is 4.38. The summed E-state index contributed by atoms with van der Waals surface area (Å²) in [6, 6.07) is 28.5. The van der Waals surface area contributed by atoms with Crippen LogP contribution in [0.2, 0.25) is 0 Å². The smallest absolute Gasteiger partial charge is 0.303 e. The second-order valence-corrected chi connectivity index (χ2v) is 8.44. The topological polar surface area (TPSA) is 46.6 Å². The molecule has 1 amide bonds. The molecule has 1 heterocycles. The molecule has 1 fully saturated rings. The van der Waals surface area contributed by atoms with Gasteiger partial charge in [0.2, 0.25) is 6.10 Å². The van der Waals surface area contributed by atoms with Crippen molar-refractivity contribution in [3.05, 3.63) is 96.1 Å². The number of carbonyl (C=O) groups excluding carboxylic acids is 2. The minimum Gasteiger partial charge on any atom is -0.447 e. The molecule has 4 heteroatoms. The largest absolute Gasteiger partial charge is 0.447 e. The number of rotatable bonds is 6. The summed E-state index contributed by atoms with van der Waals surface area (Å²) in [5, 5.41) is 0. The molecule has 0 saturated carbocycles. The number of benzene rings is 3. The lowest BCUT2D eigenvalue weighted by atomic mass is 9.89. The third-order valence-corrected chi connectivity index (χ3v) is 6.12. The molecule has 1 saturated heterocycles. The first kappa shape index (κ1) is 21.8. The van der Waals surface area contributed by atoms with Crippen LogP contribution in [0.4, 0.5) is 0 Å². The van der Waals surface area contributed by atoms with Crippen molar-refractivity contribution in [2.75, 3.05) is 13.1 Å². The predicted octanol–water partition coefficient (Wildman–Crippen LogP) is 5.44. The summed E-state index contributed by atoms with van der Waals surface area (Å²) in [6.07, 6.45) is 2.06. The Morgan fingerprint density at radius 3 is 2.00 bits per heavy atom. The highest BCUT2D eigenvalue weighted by molar-refractivity contribution is 5.84. The minimum absolute atomic E-state index is 0.128. The number of hydrogen-bond acceptors (Lipinski definition) is 3. The van der Waals surface area contributed by atoms with Crippen molar-refractivity contribution in [3.63, 3.8) is 0 Å². The van der Waals surface area contributed by atoms with E-state index in [4.69, 9.17) is 4.74 Å². The van der Waals surface area contributed by atoms with Crippen LogP contribution in [0.3, 0.4) is 0 Å². The molecule has 1 aliphatic heterocycles. The SMILES string of the molecule is CC(=O)O[C@@H](C(=O)N1CCC(Cc2ccc(-c3ccccc3)cc2)CC1)c1ccccc1. The summed E-state index contributed by atoms with van der Waals surface area (Å²) in [7, 11) is 0. The quantitative estimate of drug-likeness (QED) is 0.492. The fourth-order valence-corrected chi connectivity index (χ4v) is 4.38. The predicted molar refractivity (Wildman–Crippen MR) is 126 cm³/mol. The summed E-state index contributed by atoms with van der Waals surface area (Å²) in [5.41, 5.74) is 4.50. The van der Waals surface area contributed by atoms with Crippen molar-refractivity contribution in [3.8, 4) is 11.1 Å². The Hall–Kier alpha value is -3.40. The van der Waals surface area contributed by atoms with E-state index in [0.29, 0.717) is 24.6 Å². The molecule has 0 aromatic heterocycles. The summed E-state index contributed by atoms with van der Waals surface area (Å²) < 4.78 is 5.39. The average Bonchev–Trinajstić information content (AvgIpc) is 2.84. The summed E-state index contributed by atoms with van der Waals surface area (Å²) in [5.74, 6) is -0.0244. The standard InChI is InChI=1S/C28H29NO3/c1-21(30)32-27(26-10-6-3-7-11-26)28(31)29-18-16-23(17-19-29)20-22-12-14-25(15-13-22)24-8-4-2-5-9-24/h2-15,23,27H,16-20H2,1H3/t27-/m1/s1. The van der Waals surface area contributed by atoms with Crippen LogP contribution in [-0.4, -0.2) is 29.9 Å². The van der Waals surface area contributed by atoms with Crippen LogP contribution in [0.1, 0.15) is 37.0 Å². The lowest BCUT2D eigenvalue weighted by Crippen LogP contribution is -2.42. The Balaban J connectivity index is 1.34. The van der Waals surface area contributed by atoms with Gasteiger partial charge >= 0.3 is 5.97 Å². The van der Waals surface area contributed by atoms with Gasteiger partial charge in [-0.25, -0.2) is 0 Å². The second kappa shape index (κ2) is 10.3. The zero-order valence-electron chi connectivity index (χ0n) is 18.4. The Morgan fingerprint density at radius 2 is 1.41 bits per heavy atom. The van der Waals surface area contributed by atoms with Gasteiger partial charge in [0.15, 0.2) is 0 Å². The number of nitrogens with zero attached hydrogens (tertiary/aromatic N) is 1. The molecule has 32 heavy (non-hydrogen) atoms. The van der Waals surface area contributed by atoms with Crippen LogP contribution in [0.5, 0.6) is 0 Å². The van der Waals surface area contributed by atoms with Crippen LogP contribution in [0.25, 0.3) is 11.1 Å². The number of ether oxygens (including phenoxy) is 1. The van der Waals surface area contributed by atoms with Gasteiger partial charge in [-0.3, -0.25) is 9.59 Å². The van der Waals surface area contributed by atoms with E-state index in [2.05, 4.69) is 48.5 Å². The van der Waals surface area contributed by atoms with Gasteiger partial charge in [-0.15, -0.1) is 0 Å². The second-order valence-electron chi connectivity index (χ2n) is 8.44. The van der Waals surface area contributed by atoms with E-state index in [1.807, 2.05) is 41.3 Å². The van der Waals surface area contributed by atoms with Crippen molar-refractivity contribution in [2.45, 2.75) is 32.3 Å². The highest BCUT2D eigenvalue weighted by Crippen LogP contribution is 2.27. The van der Waals surface area contributed by atoms with Gasteiger partial charge < -0.3 is 9.64 Å². The van der Waals surface area contributed by atoms with E-state index in [1.165, 1.54) is 23.6 Å². The van der Waals surface area contributed by atoms with E-state index in [9.17, 15) is 9.59 Å². The van der Waals surface area contributed by atoms with E-state index >= 15 is 0 Å². The molecular formula is C28H29NO3. The van der Waals surface area contributed by atoms with Gasteiger partial charge in [0, 0.05) is 25.6 Å². The molecule has 0 unspecified atom stereocenters. The molecule has 164 valence electrons. The molecule has 1 aliphatic rings. The van der Waals surface area contributed by atoms with Crippen LogP contribution in [0, 0.1) is 5.92 Å². The van der Waals surface area contributed by atoms with Crippen LogP contribution < -0.4 is 0 Å². The molecule has 4 nitrogen and oxygen atoms in total. The number of hydrogen-bond donors (Lipinski definition) is 0. The number of likely N-dealkylation sites (tertiary alicyclic amines) is 1. The number of esters is 1. The highest BCUT2D eigenvalue weighted by atomic mass is 16.5. The average molecular weight is 428 g/mol. The highest BCUT2D eigenvalue weighted by Gasteiger charge is 2.31. The van der Waals surface area contributed by atoms with Crippen molar-refractivity contribution in [2.24, 2.45) is 5.92 Å². The molecule has 3 aromatic carbocycles. The van der Waals surface area contributed by atoms with E-state index in [-0.39, 0.29) is 5.91 Å². The Labute approximate surface area is 189 Å². The van der Waals surface area contributed by atoms with E-state index < -0.39 is 12.1 Å². The van der Waals surface area contributed by atoms with Gasteiger partial charge in [-0.1, -0.05) is 84.9 Å². The first-order valence-corrected chi connectivity index (χ1v) is 11.3. The minimum atomic E-state index is -0.865. The summed E-state index contributed by atoms with van der Waals surface area (Å²) in [4.78, 5) is 26.6. The number of amides is 1. The maximum Gasteiger partial charge on any atom is 0.303 e. The fraction of sp³-hybridized carbons (Fsp3) is 0.286. The maximum absolute atomic E-state index is 13.1. The van der Waals surface area contributed by atoms with Gasteiger partial charge in [-0.2, -0.15) is 0 Å². The third kappa shape index (κ3) is 5.44. The first-order valence-electron chi connectivity index (χ1n) is 11.3. The first-order chi connectivity index (χ1) is 15.6. The monoisotopic (exact) mass is 427 g/mol. The lowest BCUT2D eigenvalue weighted by molar-refractivity contribution is -0.160. The summed E-state index contributed by atoms with van der Waals surface area (Å²) in [6.45, 7) is 2.73. The zero-order chi connectivity index (χ0) is 22.3. The van der Waals surface area contributed by atoms with Crippen LogP contribution >= 0.6 is 0 Å². The van der Waals surface area contributed by atoms with E-state index in [0.717, 1.165) is 19.3 Å². The molecule has 0 spiro atoms. The molecule has 1 atom stereocenters. The van der Waals surface area contributed by atoms with Gasteiger partial charge in [0.25, 0.3) is 5.91 Å². The molecule has 0 bridgehead atoms. The number of carbonyl (C=O) groups is 2.